The first kappa shape index (κ1) is 19.0. The van der Waals surface area contributed by atoms with Gasteiger partial charge in [-0.2, -0.15) is 0 Å². The number of piperazine rings is 1. The molecule has 27 heavy (non-hydrogen) atoms. The van der Waals surface area contributed by atoms with Crippen molar-refractivity contribution >= 4 is 11.8 Å². The molecule has 0 aliphatic carbocycles. The van der Waals surface area contributed by atoms with Crippen LogP contribution in [0.3, 0.4) is 0 Å². The minimum absolute atomic E-state index is 0.0473. The maximum absolute atomic E-state index is 12.8. The molecule has 2 aromatic carbocycles. The summed E-state index contributed by atoms with van der Waals surface area (Å²) in [6.45, 7) is 6.29. The molecule has 0 saturated carbocycles. The lowest BCUT2D eigenvalue weighted by atomic mass is 10.0. The van der Waals surface area contributed by atoms with Gasteiger partial charge in [-0.05, 0) is 37.1 Å². The minimum Gasteiger partial charge on any atom is -0.496 e. The van der Waals surface area contributed by atoms with Crippen LogP contribution in [0, 0.1) is 13.8 Å². The Balaban J connectivity index is 1.59. The second-order valence-corrected chi connectivity index (χ2v) is 6.98. The highest BCUT2D eigenvalue weighted by atomic mass is 16.5. The van der Waals surface area contributed by atoms with Gasteiger partial charge < -0.3 is 14.5 Å². The molecule has 0 atom stereocenters. The number of aryl methyl sites for hydroxylation is 2. The summed E-state index contributed by atoms with van der Waals surface area (Å²) >= 11 is 0. The van der Waals surface area contributed by atoms with Crippen molar-refractivity contribution in [3.8, 4) is 5.75 Å². The van der Waals surface area contributed by atoms with Gasteiger partial charge in [-0.15, -0.1) is 0 Å². The molecule has 0 aromatic heterocycles. The average molecular weight is 366 g/mol. The summed E-state index contributed by atoms with van der Waals surface area (Å²) < 4.78 is 5.29. The zero-order valence-corrected chi connectivity index (χ0v) is 16.2. The standard InChI is InChI=1S/C22H26N2O3/c1-16-8-9-18(17(2)14-16)15-21(25)23-10-12-24(13-11-23)22(26)19-6-4-5-7-20(19)27-3/h4-9,14H,10-13,15H2,1-3H3. The van der Waals surface area contributed by atoms with Crippen molar-refractivity contribution < 1.29 is 14.3 Å². The lowest BCUT2D eigenvalue weighted by Crippen LogP contribution is -2.51. The van der Waals surface area contributed by atoms with Gasteiger partial charge in [-0.1, -0.05) is 35.9 Å². The number of hydrogen-bond acceptors (Lipinski definition) is 3. The Hall–Kier alpha value is -2.82. The second-order valence-electron chi connectivity index (χ2n) is 6.98. The Labute approximate surface area is 160 Å². The number of ether oxygens (including phenoxy) is 1. The van der Waals surface area contributed by atoms with Crippen LogP contribution in [0.4, 0.5) is 0 Å². The Bertz CT molecular complexity index is 839. The number of para-hydroxylation sites is 1. The minimum atomic E-state index is -0.0473. The average Bonchev–Trinajstić information content (AvgIpc) is 2.69. The van der Waals surface area contributed by atoms with Gasteiger partial charge in [0.1, 0.15) is 5.75 Å². The second kappa shape index (κ2) is 8.25. The molecule has 0 spiro atoms. The summed E-state index contributed by atoms with van der Waals surface area (Å²) in [6.07, 6.45) is 0.409. The highest BCUT2D eigenvalue weighted by Gasteiger charge is 2.26. The Morgan fingerprint density at radius 2 is 1.63 bits per heavy atom. The molecule has 1 aliphatic rings. The van der Waals surface area contributed by atoms with E-state index in [0.717, 1.165) is 11.1 Å². The molecule has 5 heteroatoms. The van der Waals surface area contributed by atoms with Gasteiger partial charge in [0.15, 0.2) is 0 Å². The van der Waals surface area contributed by atoms with Gasteiger partial charge in [0, 0.05) is 26.2 Å². The number of nitrogens with zero attached hydrogens (tertiary/aromatic N) is 2. The van der Waals surface area contributed by atoms with Gasteiger partial charge in [-0.3, -0.25) is 9.59 Å². The van der Waals surface area contributed by atoms with Crippen LogP contribution in [0.15, 0.2) is 42.5 Å². The van der Waals surface area contributed by atoms with Crippen LogP contribution in [-0.4, -0.2) is 54.9 Å². The molecule has 1 fully saturated rings. The number of methoxy groups -OCH3 is 1. The van der Waals surface area contributed by atoms with Crippen LogP contribution in [0.5, 0.6) is 5.75 Å². The normalized spacial score (nSPS) is 14.2. The van der Waals surface area contributed by atoms with E-state index >= 15 is 0 Å². The molecule has 1 saturated heterocycles. The SMILES string of the molecule is COc1ccccc1C(=O)N1CCN(C(=O)Cc2ccc(C)cc2C)CC1. The molecule has 1 aliphatic heterocycles. The maximum Gasteiger partial charge on any atom is 0.257 e. The first-order valence-electron chi connectivity index (χ1n) is 9.26. The van der Waals surface area contributed by atoms with Gasteiger partial charge in [0.25, 0.3) is 5.91 Å². The summed E-state index contributed by atoms with van der Waals surface area (Å²) in [6, 6.07) is 13.4. The van der Waals surface area contributed by atoms with Crippen LogP contribution in [-0.2, 0) is 11.2 Å². The lowest BCUT2D eigenvalue weighted by Gasteiger charge is -2.35. The predicted octanol–water partition coefficient (Wildman–Crippen LogP) is 2.84. The molecule has 0 N–H and O–H groups in total. The van der Waals surface area contributed by atoms with Crippen molar-refractivity contribution in [3.63, 3.8) is 0 Å². The summed E-state index contributed by atoms with van der Waals surface area (Å²) in [5.74, 6) is 0.649. The van der Waals surface area contributed by atoms with Crippen molar-refractivity contribution in [2.45, 2.75) is 20.3 Å². The third kappa shape index (κ3) is 4.30. The molecular weight excluding hydrogens is 340 g/mol. The van der Waals surface area contributed by atoms with Crippen LogP contribution in [0.1, 0.15) is 27.0 Å². The fourth-order valence-electron chi connectivity index (χ4n) is 3.47. The first-order valence-corrected chi connectivity index (χ1v) is 9.26. The summed E-state index contributed by atoms with van der Waals surface area (Å²) in [4.78, 5) is 29.1. The first-order chi connectivity index (χ1) is 13.0. The number of rotatable bonds is 4. The Kier molecular flexibility index (Phi) is 5.79. The third-order valence-corrected chi connectivity index (χ3v) is 5.10. The van der Waals surface area contributed by atoms with Crippen LogP contribution in [0.25, 0.3) is 0 Å². The Morgan fingerprint density at radius 3 is 2.30 bits per heavy atom. The number of carbonyl (C=O) groups excluding carboxylic acids is 2. The van der Waals surface area contributed by atoms with E-state index in [1.165, 1.54) is 5.56 Å². The topological polar surface area (TPSA) is 49.9 Å². The Morgan fingerprint density at radius 1 is 0.963 bits per heavy atom. The summed E-state index contributed by atoms with van der Waals surface area (Å²) in [5.41, 5.74) is 3.98. The highest BCUT2D eigenvalue weighted by Crippen LogP contribution is 2.20. The monoisotopic (exact) mass is 366 g/mol. The molecule has 1 heterocycles. The van der Waals surface area contributed by atoms with E-state index in [-0.39, 0.29) is 11.8 Å². The fourth-order valence-corrected chi connectivity index (χ4v) is 3.47. The summed E-state index contributed by atoms with van der Waals surface area (Å²) in [7, 11) is 1.57. The number of hydrogen-bond donors (Lipinski definition) is 0. The molecule has 2 aromatic rings. The van der Waals surface area contributed by atoms with E-state index < -0.39 is 0 Å². The van der Waals surface area contributed by atoms with Crippen molar-refractivity contribution in [2.75, 3.05) is 33.3 Å². The van der Waals surface area contributed by atoms with Gasteiger partial charge >= 0.3 is 0 Å². The quantitative estimate of drug-likeness (QED) is 0.836. The van der Waals surface area contributed by atoms with Gasteiger partial charge in [-0.25, -0.2) is 0 Å². The van der Waals surface area contributed by atoms with Gasteiger partial charge in [0.05, 0.1) is 19.1 Å². The van der Waals surface area contributed by atoms with Crippen molar-refractivity contribution in [3.05, 3.63) is 64.7 Å². The van der Waals surface area contributed by atoms with E-state index in [0.29, 0.717) is 43.9 Å². The van der Waals surface area contributed by atoms with E-state index in [2.05, 4.69) is 13.0 Å². The van der Waals surface area contributed by atoms with Crippen molar-refractivity contribution in [1.29, 1.82) is 0 Å². The predicted molar refractivity (Wildman–Crippen MR) is 105 cm³/mol. The van der Waals surface area contributed by atoms with E-state index in [1.54, 1.807) is 24.1 Å². The third-order valence-electron chi connectivity index (χ3n) is 5.10. The number of carbonyl (C=O) groups is 2. The largest absolute Gasteiger partial charge is 0.496 e. The molecule has 5 nitrogen and oxygen atoms in total. The number of benzene rings is 2. The van der Waals surface area contributed by atoms with Crippen LogP contribution in [0.2, 0.25) is 0 Å². The molecule has 142 valence electrons. The molecule has 2 amide bonds. The smallest absolute Gasteiger partial charge is 0.257 e. The molecule has 0 radical (unpaired) electrons. The molecular formula is C22H26N2O3. The van der Waals surface area contributed by atoms with Gasteiger partial charge in [0.2, 0.25) is 5.91 Å². The fraction of sp³-hybridized carbons (Fsp3) is 0.364. The summed E-state index contributed by atoms with van der Waals surface area (Å²) in [5, 5.41) is 0. The van der Waals surface area contributed by atoms with Crippen molar-refractivity contribution in [2.24, 2.45) is 0 Å². The van der Waals surface area contributed by atoms with E-state index in [9.17, 15) is 9.59 Å². The van der Waals surface area contributed by atoms with Crippen molar-refractivity contribution in [1.82, 2.24) is 9.80 Å². The number of amides is 2. The van der Waals surface area contributed by atoms with Crippen LogP contribution < -0.4 is 4.74 Å². The lowest BCUT2D eigenvalue weighted by molar-refractivity contribution is -0.131. The van der Waals surface area contributed by atoms with Crippen LogP contribution >= 0.6 is 0 Å². The maximum atomic E-state index is 12.8. The van der Waals surface area contributed by atoms with E-state index in [1.807, 2.05) is 36.1 Å². The molecule has 0 bridgehead atoms. The molecule has 3 rings (SSSR count). The van der Waals surface area contributed by atoms with E-state index in [4.69, 9.17) is 4.74 Å². The zero-order chi connectivity index (χ0) is 19.4. The highest BCUT2D eigenvalue weighted by molar-refractivity contribution is 5.97. The molecule has 0 unspecified atom stereocenters. The zero-order valence-electron chi connectivity index (χ0n) is 16.2.